The molecule has 0 amide bonds. The molecule has 1 fully saturated rings. The van der Waals surface area contributed by atoms with Gasteiger partial charge in [-0.05, 0) is 37.5 Å². The van der Waals surface area contributed by atoms with Crippen molar-refractivity contribution in [1.29, 1.82) is 0 Å². The zero-order valence-electron chi connectivity index (χ0n) is 15.8. The summed E-state index contributed by atoms with van der Waals surface area (Å²) >= 11 is 6.29. The lowest BCUT2D eigenvalue weighted by Crippen LogP contribution is -2.26. The Morgan fingerprint density at radius 2 is 2.07 bits per heavy atom. The number of esters is 1. The zero-order chi connectivity index (χ0) is 19.7. The minimum absolute atomic E-state index is 0.265. The molecule has 0 bridgehead atoms. The minimum atomic E-state index is -0.469. The number of rotatable bonds is 7. The molecular weight excluding hydrogens is 380 g/mol. The number of carbonyl (C=O) groups excluding carboxylic acids is 1. The summed E-state index contributed by atoms with van der Waals surface area (Å²) in [5, 5.41) is 4.56. The summed E-state index contributed by atoms with van der Waals surface area (Å²) in [5.74, 6) is 0.354. The molecule has 3 aromatic rings. The van der Waals surface area contributed by atoms with Gasteiger partial charge in [0.2, 0.25) is 0 Å². The van der Waals surface area contributed by atoms with Crippen molar-refractivity contribution in [1.82, 2.24) is 14.6 Å². The van der Waals surface area contributed by atoms with E-state index in [2.05, 4.69) is 15.0 Å². The van der Waals surface area contributed by atoms with Crippen LogP contribution in [0.25, 0.3) is 5.65 Å². The number of halogens is 1. The van der Waals surface area contributed by atoms with Crippen LogP contribution in [0.2, 0.25) is 5.15 Å². The summed E-state index contributed by atoms with van der Waals surface area (Å²) in [4.78, 5) is 18.9. The molecule has 1 aliphatic rings. The highest BCUT2D eigenvalue weighted by molar-refractivity contribution is 6.29. The maximum Gasteiger partial charge on any atom is 0.358 e. The van der Waals surface area contributed by atoms with Crippen molar-refractivity contribution < 1.29 is 14.3 Å². The van der Waals surface area contributed by atoms with Crippen molar-refractivity contribution >= 4 is 28.9 Å². The number of ether oxygens (including phenoxy) is 2. The van der Waals surface area contributed by atoms with Crippen molar-refractivity contribution in [2.45, 2.75) is 32.4 Å². The highest BCUT2D eigenvalue weighted by atomic mass is 35.5. The fraction of sp³-hybridized carbons (Fsp3) is 0.350. The first kappa shape index (κ1) is 18.6. The molecule has 2 aromatic heterocycles. The van der Waals surface area contributed by atoms with Gasteiger partial charge in [-0.15, -0.1) is 0 Å². The quantitative estimate of drug-likeness (QED) is 0.563. The first-order chi connectivity index (χ1) is 13.6. The van der Waals surface area contributed by atoms with Crippen LogP contribution in [-0.4, -0.2) is 40.3 Å². The zero-order valence-corrected chi connectivity index (χ0v) is 16.5. The summed E-state index contributed by atoms with van der Waals surface area (Å²) < 4.78 is 11.8. The van der Waals surface area contributed by atoms with E-state index in [1.54, 1.807) is 20.1 Å². The molecule has 0 radical (unpaired) electrons. The predicted molar refractivity (Wildman–Crippen MR) is 106 cm³/mol. The van der Waals surface area contributed by atoms with Gasteiger partial charge < -0.3 is 14.4 Å². The Bertz CT molecular complexity index is 999. The van der Waals surface area contributed by atoms with Gasteiger partial charge in [-0.1, -0.05) is 23.7 Å². The van der Waals surface area contributed by atoms with Crippen LogP contribution in [0.15, 0.2) is 36.5 Å². The van der Waals surface area contributed by atoms with Gasteiger partial charge in [-0.3, -0.25) is 0 Å². The van der Waals surface area contributed by atoms with Crippen molar-refractivity contribution in [3.05, 3.63) is 52.9 Å². The molecular formula is C20H21ClN4O3. The lowest BCUT2D eigenvalue weighted by Gasteiger charge is -2.25. The van der Waals surface area contributed by atoms with E-state index in [4.69, 9.17) is 21.1 Å². The average Bonchev–Trinajstić information content (AvgIpc) is 3.45. The highest BCUT2D eigenvalue weighted by Crippen LogP contribution is 2.36. The van der Waals surface area contributed by atoms with Crippen LogP contribution in [0.5, 0.6) is 5.75 Å². The van der Waals surface area contributed by atoms with Gasteiger partial charge in [-0.2, -0.15) is 5.10 Å². The number of methoxy groups -OCH3 is 1. The monoisotopic (exact) mass is 400 g/mol. The molecule has 0 atom stereocenters. The number of benzene rings is 1. The normalized spacial score (nSPS) is 13.5. The molecule has 0 unspecified atom stereocenters. The first-order valence-electron chi connectivity index (χ1n) is 9.21. The van der Waals surface area contributed by atoms with E-state index in [0.29, 0.717) is 23.4 Å². The maximum atomic E-state index is 12.2. The standard InChI is InChI=1S/C20H21ClN4O3/c1-3-28-20(26)17-11-22-19-16(10-18(21)23-25(17)19)24(14-6-7-14)12-13-4-8-15(27-2)9-5-13/h4-5,8-11,14H,3,6-7,12H2,1-2H3. The summed E-state index contributed by atoms with van der Waals surface area (Å²) in [7, 11) is 1.65. The van der Waals surface area contributed by atoms with E-state index in [0.717, 1.165) is 29.8 Å². The Labute approximate surface area is 167 Å². The Morgan fingerprint density at radius 1 is 1.32 bits per heavy atom. The second kappa shape index (κ2) is 7.67. The second-order valence-corrected chi connectivity index (χ2v) is 7.05. The van der Waals surface area contributed by atoms with E-state index in [1.807, 2.05) is 24.3 Å². The molecule has 0 saturated heterocycles. The van der Waals surface area contributed by atoms with E-state index >= 15 is 0 Å². The van der Waals surface area contributed by atoms with E-state index in [-0.39, 0.29) is 12.3 Å². The lowest BCUT2D eigenvalue weighted by atomic mass is 10.2. The van der Waals surface area contributed by atoms with Gasteiger partial charge in [0.05, 0.1) is 25.6 Å². The van der Waals surface area contributed by atoms with Crippen LogP contribution in [0, 0.1) is 0 Å². The third kappa shape index (κ3) is 3.62. The average molecular weight is 401 g/mol. The summed E-state index contributed by atoms with van der Waals surface area (Å²) in [5.41, 5.74) is 2.86. The SMILES string of the molecule is CCOC(=O)c1cnc2c(N(Cc3ccc(OC)cc3)C3CC3)cc(Cl)nn12. The molecule has 1 aliphatic carbocycles. The third-order valence-electron chi connectivity index (χ3n) is 4.71. The number of carbonyl (C=O) groups is 1. The minimum Gasteiger partial charge on any atom is -0.497 e. The Balaban J connectivity index is 1.73. The van der Waals surface area contributed by atoms with Crippen LogP contribution in [-0.2, 0) is 11.3 Å². The number of aromatic nitrogens is 3. The predicted octanol–water partition coefficient (Wildman–Crippen LogP) is 3.74. The molecule has 4 rings (SSSR count). The lowest BCUT2D eigenvalue weighted by molar-refractivity contribution is 0.0516. The largest absolute Gasteiger partial charge is 0.497 e. The Kier molecular flexibility index (Phi) is 5.09. The van der Waals surface area contributed by atoms with Crippen molar-refractivity contribution in [3.63, 3.8) is 0 Å². The van der Waals surface area contributed by atoms with Gasteiger partial charge in [0.1, 0.15) is 5.75 Å². The van der Waals surface area contributed by atoms with Crippen molar-refractivity contribution in [3.8, 4) is 5.75 Å². The molecule has 0 N–H and O–H groups in total. The summed E-state index contributed by atoms with van der Waals surface area (Å²) in [6, 6.07) is 10.2. The van der Waals surface area contributed by atoms with Crippen LogP contribution in [0.3, 0.4) is 0 Å². The van der Waals surface area contributed by atoms with Crippen LogP contribution < -0.4 is 9.64 Å². The smallest absolute Gasteiger partial charge is 0.358 e. The molecule has 8 heteroatoms. The Hall–Kier alpha value is -2.80. The molecule has 1 aromatic carbocycles. The van der Waals surface area contributed by atoms with Crippen LogP contribution in [0.1, 0.15) is 35.8 Å². The fourth-order valence-electron chi connectivity index (χ4n) is 3.20. The second-order valence-electron chi connectivity index (χ2n) is 6.66. The molecule has 1 saturated carbocycles. The van der Waals surface area contributed by atoms with Gasteiger partial charge >= 0.3 is 5.97 Å². The van der Waals surface area contributed by atoms with E-state index in [9.17, 15) is 4.79 Å². The van der Waals surface area contributed by atoms with Gasteiger partial charge in [0, 0.05) is 18.7 Å². The number of anilines is 1. The van der Waals surface area contributed by atoms with Crippen molar-refractivity contribution in [2.24, 2.45) is 0 Å². The number of hydrogen-bond donors (Lipinski definition) is 0. The summed E-state index contributed by atoms with van der Waals surface area (Å²) in [6.07, 6.45) is 3.69. The molecule has 146 valence electrons. The third-order valence-corrected chi connectivity index (χ3v) is 4.90. The van der Waals surface area contributed by atoms with E-state index < -0.39 is 5.97 Å². The number of nitrogens with zero attached hydrogens (tertiary/aromatic N) is 4. The van der Waals surface area contributed by atoms with Crippen LogP contribution in [0.4, 0.5) is 5.69 Å². The van der Waals surface area contributed by atoms with Gasteiger partial charge in [-0.25, -0.2) is 14.3 Å². The summed E-state index contributed by atoms with van der Waals surface area (Å²) in [6.45, 7) is 2.74. The highest BCUT2D eigenvalue weighted by Gasteiger charge is 2.32. The van der Waals surface area contributed by atoms with Gasteiger partial charge in [0.25, 0.3) is 0 Å². The fourth-order valence-corrected chi connectivity index (χ4v) is 3.38. The molecule has 2 heterocycles. The first-order valence-corrected chi connectivity index (χ1v) is 9.59. The Morgan fingerprint density at radius 3 is 2.71 bits per heavy atom. The molecule has 28 heavy (non-hydrogen) atoms. The molecule has 0 aliphatic heterocycles. The maximum absolute atomic E-state index is 12.2. The van der Waals surface area contributed by atoms with Crippen molar-refractivity contribution in [2.75, 3.05) is 18.6 Å². The van der Waals surface area contributed by atoms with Crippen LogP contribution >= 0.6 is 11.6 Å². The molecule has 0 spiro atoms. The number of fused-ring (bicyclic) bond motifs is 1. The number of imidazole rings is 1. The van der Waals surface area contributed by atoms with E-state index in [1.165, 1.54) is 10.7 Å². The number of hydrogen-bond acceptors (Lipinski definition) is 6. The molecule has 7 nitrogen and oxygen atoms in total. The topological polar surface area (TPSA) is 69.0 Å². The van der Waals surface area contributed by atoms with Gasteiger partial charge in [0.15, 0.2) is 16.5 Å².